The van der Waals surface area contributed by atoms with Crippen molar-refractivity contribution in [3.63, 3.8) is 0 Å². The van der Waals surface area contributed by atoms with Crippen LogP contribution in [0.3, 0.4) is 0 Å². The highest BCUT2D eigenvalue weighted by atomic mass is 16.5. The topological polar surface area (TPSA) is 9.23 Å². The summed E-state index contributed by atoms with van der Waals surface area (Å²) >= 11 is 0. The fraction of sp³-hybridized carbons (Fsp3) is 0.600. The maximum absolute atomic E-state index is 5.53. The Morgan fingerprint density at radius 2 is 2.18 bits per heavy atom. The average molecular weight is 152 g/mol. The summed E-state index contributed by atoms with van der Waals surface area (Å²) in [6.07, 6.45) is 1.30. The van der Waals surface area contributed by atoms with Gasteiger partial charge in [0.2, 0.25) is 0 Å². The Kier molecular flexibility index (Phi) is 2.50. The lowest BCUT2D eigenvalue weighted by Crippen LogP contribution is -2.15. The van der Waals surface area contributed by atoms with Gasteiger partial charge in [0.1, 0.15) is 0 Å². The van der Waals surface area contributed by atoms with Gasteiger partial charge >= 0.3 is 0 Å². The Morgan fingerprint density at radius 3 is 2.55 bits per heavy atom. The van der Waals surface area contributed by atoms with Crippen LogP contribution in [-0.2, 0) is 4.74 Å². The minimum absolute atomic E-state index is 0.333. The molecule has 11 heavy (non-hydrogen) atoms. The van der Waals surface area contributed by atoms with E-state index in [0.29, 0.717) is 12.0 Å². The van der Waals surface area contributed by atoms with Gasteiger partial charge in [-0.2, -0.15) is 0 Å². The molecular formula is C10H16O. The van der Waals surface area contributed by atoms with Crippen molar-refractivity contribution in [3.8, 4) is 0 Å². The molecule has 62 valence electrons. The largest absolute Gasteiger partial charge is 0.378 e. The normalized spacial score (nSPS) is 31.5. The molecule has 1 saturated carbocycles. The van der Waals surface area contributed by atoms with Gasteiger partial charge in [-0.15, -0.1) is 0 Å². The summed E-state index contributed by atoms with van der Waals surface area (Å²) in [5.74, 6) is 0.461. The third-order valence-electron chi connectivity index (χ3n) is 2.39. The summed E-state index contributed by atoms with van der Waals surface area (Å²) in [7, 11) is 0. The lowest BCUT2D eigenvalue weighted by molar-refractivity contribution is 0.0483. The van der Waals surface area contributed by atoms with Gasteiger partial charge in [0.25, 0.3) is 0 Å². The quantitative estimate of drug-likeness (QED) is 0.591. The van der Waals surface area contributed by atoms with E-state index in [-0.39, 0.29) is 0 Å². The Hall–Kier alpha value is -0.560. The molecule has 0 saturated heterocycles. The van der Waals surface area contributed by atoms with Crippen LogP contribution < -0.4 is 0 Å². The molecule has 0 aromatic carbocycles. The smallest absolute Gasteiger partial charge is 0.0680 e. The van der Waals surface area contributed by atoms with E-state index in [9.17, 15) is 0 Å². The van der Waals surface area contributed by atoms with Crippen molar-refractivity contribution in [2.24, 2.45) is 5.92 Å². The monoisotopic (exact) mass is 152 g/mol. The Morgan fingerprint density at radius 1 is 1.55 bits per heavy atom. The zero-order valence-electron chi connectivity index (χ0n) is 7.39. The summed E-state index contributed by atoms with van der Waals surface area (Å²) in [6.45, 7) is 12.9. The van der Waals surface area contributed by atoms with Crippen molar-refractivity contribution in [2.75, 3.05) is 6.61 Å². The SMILES string of the molecule is C=C1CC(OCC)C(C)C1=C. The molecule has 0 bridgehead atoms. The van der Waals surface area contributed by atoms with Crippen LogP contribution in [0.15, 0.2) is 24.3 Å². The zero-order valence-corrected chi connectivity index (χ0v) is 7.39. The van der Waals surface area contributed by atoms with Crippen molar-refractivity contribution >= 4 is 0 Å². The fourth-order valence-electron chi connectivity index (χ4n) is 1.51. The zero-order chi connectivity index (χ0) is 8.43. The van der Waals surface area contributed by atoms with Gasteiger partial charge in [0, 0.05) is 12.5 Å². The second kappa shape index (κ2) is 3.22. The molecule has 0 N–H and O–H groups in total. The molecule has 0 radical (unpaired) electrons. The Labute approximate surface area is 68.8 Å². The van der Waals surface area contributed by atoms with E-state index in [1.54, 1.807) is 0 Å². The van der Waals surface area contributed by atoms with Crippen LogP contribution in [0.1, 0.15) is 20.3 Å². The number of rotatable bonds is 2. The second-order valence-corrected chi connectivity index (χ2v) is 3.12. The van der Waals surface area contributed by atoms with Crippen LogP contribution >= 0.6 is 0 Å². The van der Waals surface area contributed by atoms with Crippen molar-refractivity contribution in [2.45, 2.75) is 26.4 Å². The lowest BCUT2D eigenvalue weighted by Gasteiger charge is -2.14. The molecule has 0 spiro atoms. The number of ether oxygens (including phenoxy) is 1. The first-order chi connectivity index (χ1) is 5.16. The molecule has 2 atom stereocenters. The molecule has 1 nitrogen and oxygen atoms in total. The number of hydrogen-bond acceptors (Lipinski definition) is 1. The Balaban J connectivity index is 2.59. The van der Waals surface area contributed by atoms with Gasteiger partial charge in [0.05, 0.1) is 6.10 Å². The molecular weight excluding hydrogens is 136 g/mol. The van der Waals surface area contributed by atoms with Gasteiger partial charge in [-0.3, -0.25) is 0 Å². The van der Waals surface area contributed by atoms with Crippen molar-refractivity contribution < 1.29 is 4.74 Å². The van der Waals surface area contributed by atoms with Crippen LogP contribution in [0.2, 0.25) is 0 Å². The first-order valence-corrected chi connectivity index (χ1v) is 4.15. The van der Waals surface area contributed by atoms with E-state index in [1.165, 1.54) is 5.57 Å². The first kappa shape index (κ1) is 8.54. The molecule has 0 aromatic rings. The summed E-state index contributed by atoms with van der Waals surface area (Å²) in [6, 6.07) is 0. The van der Waals surface area contributed by atoms with E-state index >= 15 is 0 Å². The maximum atomic E-state index is 5.53. The molecule has 1 fully saturated rings. The second-order valence-electron chi connectivity index (χ2n) is 3.12. The predicted molar refractivity (Wildman–Crippen MR) is 47.5 cm³/mol. The van der Waals surface area contributed by atoms with E-state index in [4.69, 9.17) is 4.74 Å². The summed E-state index contributed by atoms with van der Waals surface area (Å²) in [5.41, 5.74) is 2.33. The van der Waals surface area contributed by atoms with Crippen LogP contribution in [-0.4, -0.2) is 12.7 Å². The third kappa shape index (κ3) is 1.54. The van der Waals surface area contributed by atoms with E-state index in [2.05, 4.69) is 20.1 Å². The average Bonchev–Trinajstić information content (AvgIpc) is 2.19. The van der Waals surface area contributed by atoms with Crippen LogP contribution in [0.5, 0.6) is 0 Å². The summed E-state index contributed by atoms with van der Waals surface area (Å²) in [4.78, 5) is 0. The van der Waals surface area contributed by atoms with Crippen molar-refractivity contribution in [1.29, 1.82) is 0 Å². The molecule has 1 aliphatic rings. The minimum Gasteiger partial charge on any atom is -0.378 e. The molecule has 2 unspecified atom stereocenters. The highest BCUT2D eigenvalue weighted by Gasteiger charge is 2.29. The van der Waals surface area contributed by atoms with Crippen LogP contribution in [0.4, 0.5) is 0 Å². The summed E-state index contributed by atoms with van der Waals surface area (Å²) in [5, 5.41) is 0. The van der Waals surface area contributed by atoms with Gasteiger partial charge in [-0.1, -0.05) is 20.1 Å². The fourth-order valence-corrected chi connectivity index (χ4v) is 1.51. The maximum Gasteiger partial charge on any atom is 0.0680 e. The molecule has 0 amide bonds. The minimum atomic E-state index is 0.333. The standard InChI is InChI=1S/C10H16O/c1-5-11-10-6-7(2)8(3)9(10)4/h9-10H,2-3,5-6H2,1,4H3. The molecule has 1 aliphatic carbocycles. The summed E-state index contributed by atoms with van der Waals surface area (Å²) < 4.78 is 5.53. The van der Waals surface area contributed by atoms with Crippen LogP contribution in [0, 0.1) is 5.92 Å². The molecule has 0 aliphatic heterocycles. The van der Waals surface area contributed by atoms with E-state index in [1.807, 2.05) is 6.92 Å². The van der Waals surface area contributed by atoms with E-state index < -0.39 is 0 Å². The highest BCUT2D eigenvalue weighted by Crippen LogP contribution is 2.35. The Bertz CT molecular complexity index is 181. The van der Waals surface area contributed by atoms with Gasteiger partial charge in [-0.05, 0) is 24.5 Å². The van der Waals surface area contributed by atoms with Crippen molar-refractivity contribution in [1.82, 2.24) is 0 Å². The molecule has 0 heterocycles. The molecule has 1 rings (SSSR count). The van der Waals surface area contributed by atoms with Gasteiger partial charge < -0.3 is 4.74 Å². The van der Waals surface area contributed by atoms with Gasteiger partial charge in [0.15, 0.2) is 0 Å². The van der Waals surface area contributed by atoms with Gasteiger partial charge in [-0.25, -0.2) is 0 Å². The van der Waals surface area contributed by atoms with Crippen molar-refractivity contribution in [3.05, 3.63) is 24.3 Å². The third-order valence-corrected chi connectivity index (χ3v) is 2.39. The first-order valence-electron chi connectivity index (χ1n) is 4.15. The molecule has 0 aromatic heterocycles. The number of hydrogen-bond donors (Lipinski definition) is 0. The highest BCUT2D eigenvalue weighted by molar-refractivity contribution is 5.34. The van der Waals surface area contributed by atoms with E-state index in [0.717, 1.165) is 18.6 Å². The van der Waals surface area contributed by atoms with Crippen LogP contribution in [0.25, 0.3) is 0 Å². The lowest BCUT2D eigenvalue weighted by atomic mass is 10.0. The predicted octanol–water partition coefficient (Wildman–Crippen LogP) is 2.54. The molecule has 1 heteroatoms.